The van der Waals surface area contributed by atoms with Gasteiger partial charge in [-0.15, -0.1) is 0 Å². The molecule has 0 saturated heterocycles. The summed E-state index contributed by atoms with van der Waals surface area (Å²) < 4.78 is 1.67. The van der Waals surface area contributed by atoms with Crippen LogP contribution in [-0.2, 0) is 24.7 Å². The largest absolute Gasteiger partial charge is 0.299 e. The van der Waals surface area contributed by atoms with Crippen molar-refractivity contribution in [2.24, 2.45) is 7.05 Å². The average Bonchev–Trinajstić information content (AvgIpc) is 2.57. The molecule has 0 unspecified atom stereocenters. The molecule has 0 atom stereocenters. The van der Waals surface area contributed by atoms with Crippen LogP contribution in [-0.4, -0.2) is 20.5 Å². The molecular formula is C13H14ClN3O. The number of rotatable bonds is 4. The van der Waals surface area contributed by atoms with Crippen LogP contribution in [0.3, 0.4) is 0 Å². The van der Waals surface area contributed by atoms with Gasteiger partial charge < -0.3 is 0 Å². The molecule has 0 fully saturated rings. The average molecular weight is 264 g/mol. The molecule has 5 heteroatoms. The molecule has 0 aliphatic rings. The maximum Gasteiger partial charge on any atom is 0.143 e. The summed E-state index contributed by atoms with van der Waals surface area (Å²) in [5, 5.41) is 4.78. The van der Waals surface area contributed by atoms with Gasteiger partial charge in [-0.3, -0.25) is 14.5 Å². The Kier molecular flexibility index (Phi) is 3.77. The molecule has 2 rings (SSSR count). The Morgan fingerprint density at radius 1 is 1.33 bits per heavy atom. The van der Waals surface area contributed by atoms with E-state index in [-0.39, 0.29) is 5.78 Å². The molecule has 0 aliphatic carbocycles. The first-order chi connectivity index (χ1) is 8.58. The number of halogens is 1. The van der Waals surface area contributed by atoms with E-state index in [1.165, 1.54) is 0 Å². The number of hydrogen-bond donors (Lipinski definition) is 0. The second-order valence-corrected chi connectivity index (χ2v) is 4.60. The third-order valence-corrected chi connectivity index (χ3v) is 3.27. The van der Waals surface area contributed by atoms with Crippen molar-refractivity contribution in [3.63, 3.8) is 0 Å². The number of carbonyl (C=O) groups excluding carboxylic acids is 1. The number of pyridine rings is 1. The van der Waals surface area contributed by atoms with Gasteiger partial charge in [-0.1, -0.05) is 11.6 Å². The fourth-order valence-corrected chi connectivity index (χ4v) is 2.08. The third kappa shape index (κ3) is 2.76. The monoisotopic (exact) mass is 263 g/mol. The molecule has 0 amide bonds. The Morgan fingerprint density at radius 3 is 2.56 bits per heavy atom. The topological polar surface area (TPSA) is 47.8 Å². The zero-order chi connectivity index (χ0) is 13.1. The second kappa shape index (κ2) is 5.31. The van der Waals surface area contributed by atoms with Crippen LogP contribution in [0.4, 0.5) is 0 Å². The van der Waals surface area contributed by atoms with Crippen molar-refractivity contribution in [1.29, 1.82) is 0 Å². The number of carbonyl (C=O) groups is 1. The molecular weight excluding hydrogens is 250 g/mol. The van der Waals surface area contributed by atoms with Crippen LogP contribution in [0.1, 0.15) is 17.0 Å². The smallest absolute Gasteiger partial charge is 0.143 e. The fourth-order valence-electron chi connectivity index (χ4n) is 1.85. The summed E-state index contributed by atoms with van der Waals surface area (Å²) in [6, 6.07) is 3.68. The van der Waals surface area contributed by atoms with Gasteiger partial charge in [0.05, 0.1) is 22.8 Å². The minimum Gasteiger partial charge on any atom is -0.299 e. The predicted octanol–water partition coefficient (Wildman–Crippen LogP) is 2.13. The first-order valence-electron chi connectivity index (χ1n) is 5.66. The van der Waals surface area contributed by atoms with Gasteiger partial charge in [0.25, 0.3) is 0 Å². The van der Waals surface area contributed by atoms with Gasteiger partial charge in [0.15, 0.2) is 0 Å². The van der Waals surface area contributed by atoms with E-state index in [2.05, 4.69) is 10.1 Å². The standard InChI is InChI=1S/C13H14ClN3O/c1-9-13(14)12(17(2)16-9)8-11(18)7-10-3-5-15-6-4-10/h3-6H,7-8H2,1-2H3. The first kappa shape index (κ1) is 12.8. The van der Waals surface area contributed by atoms with Crippen molar-refractivity contribution in [2.45, 2.75) is 19.8 Å². The Balaban J connectivity index is 2.08. The van der Waals surface area contributed by atoms with Gasteiger partial charge >= 0.3 is 0 Å². The summed E-state index contributed by atoms with van der Waals surface area (Å²) in [6.07, 6.45) is 4.06. The zero-order valence-electron chi connectivity index (χ0n) is 10.4. The van der Waals surface area contributed by atoms with Gasteiger partial charge in [-0.2, -0.15) is 5.10 Å². The van der Waals surface area contributed by atoms with Gasteiger partial charge in [0.1, 0.15) is 5.78 Å². The lowest BCUT2D eigenvalue weighted by Gasteiger charge is -2.03. The lowest BCUT2D eigenvalue weighted by molar-refractivity contribution is -0.117. The van der Waals surface area contributed by atoms with Crippen LogP contribution in [0.5, 0.6) is 0 Å². The molecule has 0 bridgehead atoms. The van der Waals surface area contributed by atoms with E-state index in [1.54, 1.807) is 24.1 Å². The number of hydrogen-bond acceptors (Lipinski definition) is 3. The molecule has 0 N–H and O–H groups in total. The highest BCUT2D eigenvalue weighted by molar-refractivity contribution is 6.32. The zero-order valence-corrected chi connectivity index (χ0v) is 11.1. The lowest BCUT2D eigenvalue weighted by Crippen LogP contribution is -2.10. The summed E-state index contributed by atoms with van der Waals surface area (Å²) in [7, 11) is 1.80. The molecule has 0 aliphatic heterocycles. The van der Waals surface area contributed by atoms with Gasteiger partial charge in [-0.05, 0) is 24.6 Å². The number of Topliss-reactive ketones (excluding diaryl/α,β-unsaturated/α-hetero) is 1. The highest BCUT2D eigenvalue weighted by atomic mass is 35.5. The molecule has 2 heterocycles. The highest BCUT2D eigenvalue weighted by Gasteiger charge is 2.14. The molecule has 0 spiro atoms. The molecule has 18 heavy (non-hydrogen) atoms. The molecule has 4 nitrogen and oxygen atoms in total. The Morgan fingerprint density at radius 2 is 2.00 bits per heavy atom. The van der Waals surface area contributed by atoms with E-state index in [9.17, 15) is 4.79 Å². The van der Waals surface area contributed by atoms with E-state index >= 15 is 0 Å². The summed E-state index contributed by atoms with van der Waals surface area (Å²) in [5.41, 5.74) is 2.49. The minimum atomic E-state index is 0.117. The maximum atomic E-state index is 12.0. The van der Waals surface area contributed by atoms with E-state index in [0.29, 0.717) is 17.9 Å². The Labute approximate surface area is 111 Å². The molecule has 94 valence electrons. The third-order valence-electron chi connectivity index (χ3n) is 2.78. The van der Waals surface area contributed by atoms with Gasteiger partial charge in [0, 0.05) is 25.9 Å². The van der Waals surface area contributed by atoms with Crippen molar-refractivity contribution in [3.05, 3.63) is 46.5 Å². The summed E-state index contributed by atoms with van der Waals surface area (Å²) in [4.78, 5) is 15.9. The Hall–Kier alpha value is -1.68. The van der Waals surface area contributed by atoms with E-state index in [0.717, 1.165) is 17.0 Å². The highest BCUT2D eigenvalue weighted by Crippen LogP contribution is 2.20. The van der Waals surface area contributed by atoms with Crippen molar-refractivity contribution in [3.8, 4) is 0 Å². The molecule has 2 aromatic heterocycles. The van der Waals surface area contributed by atoms with Crippen LogP contribution in [0.15, 0.2) is 24.5 Å². The van der Waals surface area contributed by atoms with E-state index < -0.39 is 0 Å². The molecule has 0 radical (unpaired) electrons. The van der Waals surface area contributed by atoms with Crippen LogP contribution in [0.25, 0.3) is 0 Å². The van der Waals surface area contributed by atoms with Crippen LogP contribution >= 0.6 is 11.6 Å². The lowest BCUT2D eigenvalue weighted by atomic mass is 10.1. The van der Waals surface area contributed by atoms with Crippen molar-refractivity contribution < 1.29 is 4.79 Å². The number of aromatic nitrogens is 3. The minimum absolute atomic E-state index is 0.117. The fraction of sp³-hybridized carbons (Fsp3) is 0.308. The van der Waals surface area contributed by atoms with E-state index in [4.69, 9.17) is 11.6 Å². The number of nitrogens with zero attached hydrogens (tertiary/aromatic N) is 3. The quantitative estimate of drug-likeness (QED) is 0.849. The summed E-state index contributed by atoms with van der Waals surface area (Å²) in [6.45, 7) is 1.83. The van der Waals surface area contributed by atoms with Crippen LogP contribution in [0, 0.1) is 6.92 Å². The van der Waals surface area contributed by atoms with Crippen molar-refractivity contribution >= 4 is 17.4 Å². The van der Waals surface area contributed by atoms with Crippen molar-refractivity contribution in [1.82, 2.24) is 14.8 Å². The first-order valence-corrected chi connectivity index (χ1v) is 6.04. The predicted molar refractivity (Wildman–Crippen MR) is 69.6 cm³/mol. The van der Waals surface area contributed by atoms with Gasteiger partial charge in [-0.25, -0.2) is 0 Å². The number of aryl methyl sites for hydroxylation is 2. The SMILES string of the molecule is Cc1nn(C)c(CC(=O)Cc2ccncc2)c1Cl. The maximum absolute atomic E-state index is 12.0. The van der Waals surface area contributed by atoms with E-state index in [1.807, 2.05) is 19.1 Å². The summed E-state index contributed by atoms with van der Waals surface area (Å²) >= 11 is 6.12. The number of ketones is 1. The van der Waals surface area contributed by atoms with Crippen LogP contribution < -0.4 is 0 Å². The normalized spacial score (nSPS) is 10.6. The summed E-state index contributed by atoms with van der Waals surface area (Å²) in [5.74, 6) is 0.117. The van der Waals surface area contributed by atoms with Crippen molar-refractivity contribution in [2.75, 3.05) is 0 Å². The molecule has 2 aromatic rings. The van der Waals surface area contributed by atoms with Gasteiger partial charge in [0.2, 0.25) is 0 Å². The Bertz CT molecular complexity index is 563. The van der Waals surface area contributed by atoms with Crippen LogP contribution in [0.2, 0.25) is 5.02 Å². The molecule has 0 aromatic carbocycles. The second-order valence-electron chi connectivity index (χ2n) is 4.22. The molecule has 0 saturated carbocycles.